The molecule has 1 aromatic rings. The normalized spacial score (nSPS) is 20.9. The summed E-state index contributed by atoms with van der Waals surface area (Å²) in [7, 11) is 0. The maximum absolute atomic E-state index is 13.5. The first-order valence-electron chi connectivity index (χ1n) is 6.86. The van der Waals surface area contributed by atoms with Crippen molar-refractivity contribution in [1.29, 1.82) is 0 Å². The highest BCUT2D eigenvalue weighted by Crippen LogP contribution is 2.25. The van der Waals surface area contributed by atoms with Crippen LogP contribution < -0.4 is 10.6 Å². The minimum Gasteiger partial charge on any atom is -0.349 e. The predicted octanol–water partition coefficient (Wildman–Crippen LogP) is 2.19. The lowest BCUT2D eigenvalue weighted by molar-refractivity contribution is -0.385. The number of carbonyl (C=O) groups excluding carboxylic acids is 1. The molecule has 6 nitrogen and oxygen atoms in total. The molecule has 8 heteroatoms. The molecule has 0 saturated carbocycles. The molecule has 2 rings (SSSR count). The van der Waals surface area contributed by atoms with E-state index in [1.807, 2.05) is 6.92 Å². The molecular formula is C14H19ClFN3O3. The molecular weight excluding hydrogens is 313 g/mol. The number of aryl methyl sites for hydroxylation is 1. The number of amides is 1. The number of carbonyl (C=O) groups is 1. The Hall–Kier alpha value is -1.73. The fraction of sp³-hybridized carbons (Fsp3) is 0.500. The van der Waals surface area contributed by atoms with Gasteiger partial charge < -0.3 is 10.6 Å². The Morgan fingerprint density at radius 2 is 2.18 bits per heavy atom. The van der Waals surface area contributed by atoms with Crippen LogP contribution in [0.4, 0.5) is 10.1 Å². The first-order valence-corrected chi connectivity index (χ1v) is 6.86. The second-order valence-electron chi connectivity index (χ2n) is 5.43. The van der Waals surface area contributed by atoms with E-state index < -0.39 is 16.6 Å². The van der Waals surface area contributed by atoms with Crippen LogP contribution in [0.2, 0.25) is 0 Å². The molecule has 1 aliphatic heterocycles. The summed E-state index contributed by atoms with van der Waals surface area (Å²) >= 11 is 0. The van der Waals surface area contributed by atoms with Gasteiger partial charge in [-0.3, -0.25) is 14.9 Å². The number of hydrogen-bond acceptors (Lipinski definition) is 4. The minimum absolute atomic E-state index is 0. The van der Waals surface area contributed by atoms with Crippen molar-refractivity contribution in [3.63, 3.8) is 0 Å². The van der Waals surface area contributed by atoms with E-state index in [0.29, 0.717) is 0 Å². The van der Waals surface area contributed by atoms with Crippen molar-refractivity contribution in [3.05, 3.63) is 39.2 Å². The van der Waals surface area contributed by atoms with Gasteiger partial charge in [0.2, 0.25) is 0 Å². The fourth-order valence-electron chi connectivity index (χ4n) is 2.63. The van der Waals surface area contributed by atoms with Gasteiger partial charge in [0.05, 0.1) is 4.92 Å². The average Bonchev–Trinajstić information content (AvgIpc) is 2.39. The molecule has 0 spiro atoms. The highest BCUT2D eigenvalue weighted by molar-refractivity contribution is 5.98. The Balaban J connectivity index is 0.00000242. The summed E-state index contributed by atoms with van der Waals surface area (Å²) in [6, 6.07) is 1.91. The Bertz CT molecular complexity index is 583. The molecule has 0 aromatic heterocycles. The Morgan fingerprint density at radius 3 is 2.77 bits per heavy atom. The van der Waals surface area contributed by atoms with Gasteiger partial charge >= 0.3 is 0 Å². The van der Waals surface area contributed by atoms with Crippen LogP contribution in [0.15, 0.2) is 12.1 Å². The van der Waals surface area contributed by atoms with Gasteiger partial charge in [0, 0.05) is 11.6 Å². The number of nitrogens with zero attached hydrogens (tertiary/aromatic N) is 1. The second kappa shape index (κ2) is 7.51. The van der Waals surface area contributed by atoms with Crippen molar-refractivity contribution in [1.82, 2.24) is 10.6 Å². The van der Waals surface area contributed by atoms with Gasteiger partial charge in [-0.2, -0.15) is 0 Å². The predicted molar refractivity (Wildman–Crippen MR) is 82.9 cm³/mol. The maximum atomic E-state index is 13.5. The summed E-state index contributed by atoms with van der Waals surface area (Å²) in [5, 5.41) is 17.1. The van der Waals surface area contributed by atoms with Gasteiger partial charge in [0.1, 0.15) is 11.4 Å². The van der Waals surface area contributed by atoms with Gasteiger partial charge in [-0.05, 0) is 44.5 Å². The zero-order chi connectivity index (χ0) is 15.6. The van der Waals surface area contributed by atoms with Crippen molar-refractivity contribution >= 4 is 24.0 Å². The first kappa shape index (κ1) is 18.3. The van der Waals surface area contributed by atoms with Crippen LogP contribution in [0.5, 0.6) is 0 Å². The summed E-state index contributed by atoms with van der Waals surface area (Å²) in [6.45, 7) is 4.96. The van der Waals surface area contributed by atoms with Crippen molar-refractivity contribution in [2.24, 2.45) is 5.92 Å². The summed E-state index contributed by atoms with van der Waals surface area (Å²) in [5.41, 5.74) is -0.415. The molecule has 2 N–H and O–H groups in total. The van der Waals surface area contributed by atoms with E-state index in [0.717, 1.165) is 31.6 Å². The SMILES string of the molecule is Cc1cc(F)cc(C(=O)NC2CCNCC2C)c1[N+](=O)[O-].Cl. The summed E-state index contributed by atoms with van der Waals surface area (Å²) in [6.07, 6.45) is 0.745. The largest absolute Gasteiger partial charge is 0.349 e. The van der Waals surface area contributed by atoms with Crippen LogP contribution >= 0.6 is 12.4 Å². The van der Waals surface area contributed by atoms with Gasteiger partial charge in [0.15, 0.2) is 0 Å². The molecule has 1 saturated heterocycles. The molecule has 2 unspecified atom stereocenters. The number of rotatable bonds is 3. The third kappa shape index (κ3) is 3.92. The van der Waals surface area contributed by atoms with Crippen molar-refractivity contribution in [2.75, 3.05) is 13.1 Å². The third-order valence-electron chi connectivity index (χ3n) is 3.79. The Morgan fingerprint density at radius 1 is 1.50 bits per heavy atom. The monoisotopic (exact) mass is 331 g/mol. The topological polar surface area (TPSA) is 84.3 Å². The summed E-state index contributed by atoms with van der Waals surface area (Å²) in [5.74, 6) is -1.03. The zero-order valence-corrected chi connectivity index (χ0v) is 13.2. The molecule has 1 heterocycles. The van der Waals surface area contributed by atoms with E-state index in [1.54, 1.807) is 0 Å². The lowest BCUT2D eigenvalue weighted by Crippen LogP contribution is -2.48. The molecule has 0 bridgehead atoms. The Kier molecular flexibility index (Phi) is 6.25. The third-order valence-corrected chi connectivity index (χ3v) is 3.79. The van der Waals surface area contributed by atoms with E-state index in [2.05, 4.69) is 10.6 Å². The molecule has 22 heavy (non-hydrogen) atoms. The second-order valence-corrected chi connectivity index (χ2v) is 5.43. The van der Waals surface area contributed by atoms with Gasteiger partial charge in [0.25, 0.3) is 11.6 Å². The zero-order valence-electron chi connectivity index (χ0n) is 12.4. The molecule has 1 amide bonds. The smallest absolute Gasteiger partial charge is 0.285 e. The van der Waals surface area contributed by atoms with Crippen LogP contribution in [0.1, 0.15) is 29.3 Å². The van der Waals surface area contributed by atoms with Crippen molar-refractivity contribution in [2.45, 2.75) is 26.3 Å². The van der Waals surface area contributed by atoms with E-state index in [-0.39, 0.29) is 41.2 Å². The number of nitro benzene ring substituents is 1. The van der Waals surface area contributed by atoms with Crippen LogP contribution in [0.3, 0.4) is 0 Å². The molecule has 0 aliphatic carbocycles. The van der Waals surface area contributed by atoms with Gasteiger partial charge in [-0.15, -0.1) is 12.4 Å². The molecule has 122 valence electrons. The number of halogens is 2. The van der Waals surface area contributed by atoms with Gasteiger partial charge in [-0.25, -0.2) is 4.39 Å². The molecule has 0 radical (unpaired) electrons. The fourth-order valence-corrected chi connectivity index (χ4v) is 2.63. The van der Waals surface area contributed by atoms with Crippen LogP contribution in [0, 0.1) is 28.8 Å². The molecule has 2 atom stereocenters. The Labute approximate surface area is 134 Å². The average molecular weight is 332 g/mol. The quantitative estimate of drug-likeness (QED) is 0.657. The van der Waals surface area contributed by atoms with E-state index in [1.165, 1.54) is 6.92 Å². The van der Waals surface area contributed by atoms with Crippen molar-refractivity contribution in [3.8, 4) is 0 Å². The van der Waals surface area contributed by atoms with Gasteiger partial charge in [-0.1, -0.05) is 6.92 Å². The van der Waals surface area contributed by atoms with Crippen molar-refractivity contribution < 1.29 is 14.1 Å². The van der Waals surface area contributed by atoms with Crippen LogP contribution in [-0.2, 0) is 0 Å². The number of nitrogens with one attached hydrogen (secondary N) is 2. The molecule has 1 aromatic carbocycles. The van der Waals surface area contributed by atoms with Crippen LogP contribution in [-0.4, -0.2) is 30.0 Å². The van der Waals surface area contributed by atoms with Crippen LogP contribution in [0.25, 0.3) is 0 Å². The summed E-state index contributed by atoms with van der Waals surface area (Å²) in [4.78, 5) is 22.8. The summed E-state index contributed by atoms with van der Waals surface area (Å²) < 4.78 is 13.5. The number of piperidine rings is 1. The lowest BCUT2D eigenvalue weighted by Gasteiger charge is -2.30. The molecule has 1 aliphatic rings. The van der Waals surface area contributed by atoms with E-state index >= 15 is 0 Å². The maximum Gasteiger partial charge on any atom is 0.285 e. The highest BCUT2D eigenvalue weighted by atomic mass is 35.5. The number of hydrogen-bond donors (Lipinski definition) is 2. The highest BCUT2D eigenvalue weighted by Gasteiger charge is 2.28. The van der Waals surface area contributed by atoms with E-state index in [9.17, 15) is 19.3 Å². The first-order chi connectivity index (χ1) is 9.90. The lowest BCUT2D eigenvalue weighted by atomic mass is 9.95. The molecule has 1 fully saturated rings. The standard InChI is InChI=1S/C14H18FN3O3.ClH/c1-8-5-10(15)6-11(13(8)18(20)21)14(19)17-12-3-4-16-7-9(12)2;/h5-6,9,12,16H,3-4,7H2,1-2H3,(H,17,19);1H. The number of benzene rings is 1. The minimum atomic E-state index is -0.651. The van der Waals surface area contributed by atoms with E-state index in [4.69, 9.17) is 0 Å². The number of nitro groups is 1.